The molecule has 4 rings (SSSR count). The minimum atomic E-state index is -0.696. The summed E-state index contributed by atoms with van der Waals surface area (Å²) in [6.07, 6.45) is 2.04. The third-order valence-corrected chi connectivity index (χ3v) is 6.80. The lowest BCUT2D eigenvalue weighted by Gasteiger charge is -2.36. The number of aryl methyl sites for hydroxylation is 1. The second-order valence-electron chi connectivity index (χ2n) is 9.33. The second kappa shape index (κ2) is 10.8. The molecule has 0 bridgehead atoms. The highest BCUT2D eigenvalue weighted by molar-refractivity contribution is 5.98. The normalized spacial score (nSPS) is 16.9. The molecular weight excluding hydrogens is 446 g/mol. The van der Waals surface area contributed by atoms with E-state index in [2.05, 4.69) is 10.6 Å². The number of benzene rings is 2. The van der Waals surface area contributed by atoms with Gasteiger partial charge >= 0.3 is 0 Å². The van der Waals surface area contributed by atoms with Crippen LogP contribution in [0.15, 0.2) is 42.5 Å². The molecule has 8 nitrogen and oxygen atoms in total. The van der Waals surface area contributed by atoms with E-state index in [4.69, 9.17) is 9.47 Å². The lowest BCUT2D eigenvalue weighted by atomic mass is 9.88. The van der Waals surface area contributed by atoms with Crippen molar-refractivity contribution in [2.45, 2.75) is 52.1 Å². The molecule has 1 saturated heterocycles. The topological polar surface area (TPSA) is 97.0 Å². The maximum absolute atomic E-state index is 13.2. The number of nitrogens with zero attached hydrogens (tertiary/aromatic N) is 1. The third kappa shape index (κ3) is 5.75. The maximum atomic E-state index is 13.2. The lowest BCUT2D eigenvalue weighted by molar-refractivity contribution is -0.125. The first-order chi connectivity index (χ1) is 16.9. The average molecular weight is 480 g/mol. The first-order valence-corrected chi connectivity index (χ1v) is 12.2. The monoisotopic (exact) mass is 479 g/mol. The molecule has 2 aromatic rings. The molecule has 2 aliphatic heterocycles. The van der Waals surface area contributed by atoms with Crippen LogP contribution in [0.3, 0.4) is 0 Å². The van der Waals surface area contributed by atoms with Crippen molar-refractivity contribution in [2.75, 3.05) is 19.9 Å². The van der Waals surface area contributed by atoms with Crippen molar-refractivity contribution in [1.29, 1.82) is 0 Å². The van der Waals surface area contributed by atoms with E-state index in [-0.39, 0.29) is 36.5 Å². The molecule has 0 aromatic heterocycles. The van der Waals surface area contributed by atoms with E-state index < -0.39 is 6.04 Å². The maximum Gasteiger partial charge on any atom is 0.253 e. The Morgan fingerprint density at radius 1 is 0.971 bits per heavy atom. The Morgan fingerprint density at radius 2 is 1.63 bits per heavy atom. The molecule has 2 heterocycles. The lowest BCUT2D eigenvalue weighted by Crippen LogP contribution is -2.55. The fourth-order valence-electron chi connectivity index (χ4n) is 4.41. The Morgan fingerprint density at radius 3 is 2.31 bits per heavy atom. The van der Waals surface area contributed by atoms with Crippen LogP contribution in [0.2, 0.25) is 0 Å². The predicted molar refractivity (Wildman–Crippen MR) is 132 cm³/mol. The zero-order valence-corrected chi connectivity index (χ0v) is 20.5. The van der Waals surface area contributed by atoms with E-state index in [1.165, 1.54) is 0 Å². The van der Waals surface area contributed by atoms with Crippen molar-refractivity contribution in [3.63, 3.8) is 0 Å². The standard InChI is InChI=1S/C27H33N3O5/c1-4-18(3)28-26(32)24(29-25(31)21-9-10-22-23(15-21)35-16-34-22)19-11-13-30(14-12-19)27(33)20-7-5-17(2)6-8-20/h5-10,15,18-19,24H,4,11-14,16H2,1-3H3,(H,28,32)(H,29,31). The fraction of sp³-hybridized carbons (Fsp3) is 0.444. The number of hydrogen-bond acceptors (Lipinski definition) is 5. The molecule has 2 N–H and O–H groups in total. The quantitative estimate of drug-likeness (QED) is 0.635. The van der Waals surface area contributed by atoms with Crippen LogP contribution in [-0.4, -0.2) is 54.6 Å². The van der Waals surface area contributed by atoms with Gasteiger partial charge in [0.05, 0.1) is 0 Å². The molecule has 0 aliphatic carbocycles. The molecule has 2 aliphatic rings. The molecule has 186 valence electrons. The summed E-state index contributed by atoms with van der Waals surface area (Å²) in [6.45, 7) is 7.12. The summed E-state index contributed by atoms with van der Waals surface area (Å²) in [6, 6.07) is 11.8. The van der Waals surface area contributed by atoms with Crippen LogP contribution in [0.5, 0.6) is 11.5 Å². The second-order valence-corrected chi connectivity index (χ2v) is 9.33. The highest BCUT2D eigenvalue weighted by Crippen LogP contribution is 2.32. The van der Waals surface area contributed by atoms with Crippen LogP contribution in [0.4, 0.5) is 0 Å². The van der Waals surface area contributed by atoms with Gasteiger partial charge in [-0.05, 0) is 69.4 Å². The van der Waals surface area contributed by atoms with E-state index in [0.717, 1.165) is 12.0 Å². The zero-order chi connectivity index (χ0) is 24.9. The van der Waals surface area contributed by atoms with E-state index in [1.807, 2.05) is 49.9 Å². The number of carbonyl (C=O) groups excluding carboxylic acids is 3. The van der Waals surface area contributed by atoms with E-state index in [9.17, 15) is 14.4 Å². The van der Waals surface area contributed by atoms with E-state index in [0.29, 0.717) is 48.6 Å². The van der Waals surface area contributed by atoms with Crippen molar-refractivity contribution >= 4 is 17.7 Å². The summed E-state index contributed by atoms with van der Waals surface area (Å²) >= 11 is 0. The van der Waals surface area contributed by atoms with Crippen LogP contribution in [0.25, 0.3) is 0 Å². The van der Waals surface area contributed by atoms with Gasteiger partial charge in [0, 0.05) is 30.3 Å². The van der Waals surface area contributed by atoms with Gasteiger partial charge in [0.2, 0.25) is 12.7 Å². The Kier molecular flexibility index (Phi) is 7.58. The molecule has 2 unspecified atom stereocenters. The van der Waals surface area contributed by atoms with E-state index >= 15 is 0 Å². The molecule has 2 aromatic carbocycles. The summed E-state index contributed by atoms with van der Waals surface area (Å²) in [5.74, 6) is 0.481. The van der Waals surface area contributed by atoms with Crippen molar-refractivity contribution in [3.05, 3.63) is 59.2 Å². The minimum Gasteiger partial charge on any atom is -0.454 e. The highest BCUT2D eigenvalue weighted by atomic mass is 16.7. The van der Waals surface area contributed by atoms with Gasteiger partial charge in [0.25, 0.3) is 11.8 Å². The molecule has 3 amide bonds. The van der Waals surface area contributed by atoms with Gasteiger partial charge in [-0.1, -0.05) is 24.6 Å². The van der Waals surface area contributed by atoms with E-state index in [1.54, 1.807) is 18.2 Å². The summed E-state index contributed by atoms with van der Waals surface area (Å²) in [4.78, 5) is 41.0. The summed E-state index contributed by atoms with van der Waals surface area (Å²) in [7, 11) is 0. The van der Waals surface area contributed by atoms with Gasteiger partial charge in [-0.3, -0.25) is 14.4 Å². The van der Waals surface area contributed by atoms with Gasteiger partial charge in [-0.25, -0.2) is 0 Å². The van der Waals surface area contributed by atoms with Crippen LogP contribution in [-0.2, 0) is 4.79 Å². The molecule has 8 heteroatoms. The van der Waals surface area contributed by atoms with Crippen LogP contribution < -0.4 is 20.1 Å². The SMILES string of the molecule is CCC(C)NC(=O)C(NC(=O)c1ccc2c(c1)OCO2)C1CCN(C(=O)c2ccc(C)cc2)CC1. The van der Waals surface area contributed by atoms with Crippen molar-refractivity contribution in [2.24, 2.45) is 5.92 Å². The summed E-state index contributed by atoms with van der Waals surface area (Å²) in [5.41, 5.74) is 2.17. The van der Waals surface area contributed by atoms with Crippen molar-refractivity contribution in [3.8, 4) is 11.5 Å². The molecule has 35 heavy (non-hydrogen) atoms. The number of rotatable bonds is 7. The number of likely N-dealkylation sites (tertiary alicyclic amines) is 1. The number of carbonyl (C=O) groups is 3. The van der Waals surface area contributed by atoms with Gasteiger partial charge in [-0.2, -0.15) is 0 Å². The van der Waals surface area contributed by atoms with Crippen LogP contribution in [0, 0.1) is 12.8 Å². The number of fused-ring (bicyclic) bond motifs is 1. The fourth-order valence-corrected chi connectivity index (χ4v) is 4.41. The predicted octanol–water partition coefficient (Wildman–Crippen LogP) is 3.29. The largest absolute Gasteiger partial charge is 0.454 e. The molecular formula is C27H33N3O5. The number of piperidine rings is 1. The number of amides is 3. The Hall–Kier alpha value is -3.55. The first-order valence-electron chi connectivity index (χ1n) is 12.2. The van der Waals surface area contributed by atoms with Crippen LogP contribution >= 0.6 is 0 Å². The Bertz CT molecular complexity index is 1080. The Balaban J connectivity index is 1.44. The number of nitrogens with one attached hydrogen (secondary N) is 2. The smallest absolute Gasteiger partial charge is 0.253 e. The highest BCUT2D eigenvalue weighted by Gasteiger charge is 2.34. The summed E-state index contributed by atoms with van der Waals surface area (Å²) < 4.78 is 10.7. The Labute approximate surface area is 206 Å². The molecule has 0 saturated carbocycles. The third-order valence-electron chi connectivity index (χ3n) is 6.80. The molecule has 0 spiro atoms. The van der Waals surface area contributed by atoms with Gasteiger partial charge in [-0.15, -0.1) is 0 Å². The van der Waals surface area contributed by atoms with Crippen molar-refractivity contribution < 1.29 is 23.9 Å². The van der Waals surface area contributed by atoms with Gasteiger partial charge < -0.3 is 25.0 Å². The average Bonchev–Trinajstić information content (AvgIpc) is 3.35. The number of ether oxygens (including phenoxy) is 2. The molecule has 1 fully saturated rings. The number of hydrogen-bond donors (Lipinski definition) is 2. The van der Waals surface area contributed by atoms with Gasteiger partial charge in [0.1, 0.15) is 6.04 Å². The minimum absolute atomic E-state index is 0.00403. The molecule has 0 radical (unpaired) electrons. The first kappa shape index (κ1) is 24.6. The summed E-state index contributed by atoms with van der Waals surface area (Å²) in [5, 5.41) is 5.97. The van der Waals surface area contributed by atoms with Gasteiger partial charge in [0.15, 0.2) is 11.5 Å². The van der Waals surface area contributed by atoms with Crippen LogP contribution in [0.1, 0.15) is 59.4 Å². The van der Waals surface area contributed by atoms with Crippen molar-refractivity contribution in [1.82, 2.24) is 15.5 Å². The molecule has 2 atom stereocenters. The zero-order valence-electron chi connectivity index (χ0n) is 20.5.